The first-order valence-electron chi connectivity index (χ1n) is 5.89. The van der Waals surface area contributed by atoms with Crippen LogP contribution in [0.3, 0.4) is 0 Å². The topological polar surface area (TPSA) is 80.3 Å². The van der Waals surface area contributed by atoms with Gasteiger partial charge in [0.05, 0.1) is 5.02 Å². The average Bonchev–Trinajstić information content (AvgIpc) is 2.37. The van der Waals surface area contributed by atoms with Crippen molar-refractivity contribution >= 4 is 27.4 Å². The highest BCUT2D eigenvalue weighted by atomic mass is 35.5. The zero-order valence-corrected chi connectivity index (χ0v) is 12.5. The Bertz CT molecular complexity index is 508. The molecule has 0 amide bonds. The number of nitrogens with one attached hydrogen (secondary N) is 2. The summed E-state index contributed by atoms with van der Waals surface area (Å²) >= 11 is 5.96. The molecular formula is C11H18ClN3O3S. The van der Waals surface area contributed by atoms with E-state index in [2.05, 4.69) is 15.0 Å². The van der Waals surface area contributed by atoms with Gasteiger partial charge in [0.2, 0.25) is 10.0 Å². The van der Waals surface area contributed by atoms with E-state index in [-0.39, 0.29) is 9.92 Å². The number of sulfonamides is 1. The van der Waals surface area contributed by atoms with Crippen molar-refractivity contribution < 1.29 is 13.2 Å². The van der Waals surface area contributed by atoms with Crippen LogP contribution in [0.4, 0.5) is 5.82 Å². The zero-order valence-electron chi connectivity index (χ0n) is 10.9. The third-order valence-electron chi connectivity index (χ3n) is 2.29. The molecule has 0 unspecified atom stereocenters. The number of halogens is 1. The molecule has 108 valence electrons. The van der Waals surface area contributed by atoms with E-state index in [4.69, 9.17) is 16.3 Å². The van der Waals surface area contributed by atoms with Crippen molar-refractivity contribution in [2.75, 3.05) is 32.1 Å². The van der Waals surface area contributed by atoms with Gasteiger partial charge in [0.1, 0.15) is 10.7 Å². The summed E-state index contributed by atoms with van der Waals surface area (Å²) in [5.74, 6) is 0.475. The van der Waals surface area contributed by atoms with Crippen LogP contribution in [0.15, 0.2) is 17.2 Å². The van der Waals surface area contributed by atoms with Crippen LogP contribution in [-0.4, -0.2) is 40.2 Å². The van der Waals surface area contributed by atoms with Crippen LogP contribution in [0.1, 0.15) is 13.3 Å². The molecule has 0 aromatic carbocycles. The molecule has 1 aromatic heterocycles. The highest BCUT2D eigenvalue weighted by Gasteiger charge is 2.15. The molecule has 2 N–H and O–H groups in total. The van der Waals surface area contributed by atoms with Gasteiger partial charge in [-0.05, 0) is 19.4 Å². The molecular weight excluding hydrogens is 290 g/mol. The standard InChI is InChI=1S/C11H18ClN3O3S/c1-3-13-11-10(12)7-9(8-14-11)19(16,17)15-5-4-6-18-2/h7-8,15H,3-6H2,1-2H3,(H,13,14). The van der Waals surface area contributed by atoms with Gasteiger partial charge in [0, 0.05) is 33.0 Å². The monoisotopic (exact) mass is 307 g/mol. The van der Waals surface area contributed by atoms with E-state index in [9.17, 15) is 8.42 Å². The van der Waals surface area contributed by atoms with E-state index in [0.29, 0.717) is 31.9 Å². The first-order chi connectivity index (χ1) is 9.01. The first kappa shape index (κ1) is 16.2. The van der Waals surface area contributed by atoms with Crippen molar-refractivity contribution in [2.24, 2.45) is 0 Å². The van der Waals surface area contributed by atoms with Gasteiger partial charge in [0.15, 0.2) is 0 Å². The molecule has 0 fully saturated rings. The second-order valence-electron chi connectivity index (χ2n) is 3.78. The summed E-state index contributed by atoms with van der Waals surface area (Å²) < 4.78 is 31.2. The number of hydrogen-bond acceptors (Lipinski definition) is 5. The number of anilines is 1. The molecule has 0 aliphatic carbocycles. The van der Waals surface area contributed by atoms with Crippen molar-refractivity contribution in [1.29, 1.82) is 0 Å². The lowest BCUT2D eigenvalue weighted by atomic mass is 10.4. The number of ether oxygens (including phenoxy) is 1. The normalized spacial score (nSPS) is 11.5. The fraction of sp³-hybridized carbons (Fsp3) is 0.545. The van der Waals surface area contributed by atoms with Gasteiger partial charge >= 0.3 is 0 Å². The third kappa shape index (κ3) is 4.94. The molecule has 0 saturated carbocycles. The van der Waals surface area contributed by atoms with Gasteiger partial charge in [0.25, 0.3) is 0 Å². The Labute approximate surface area is 118 Å². The SMILES string of the molecule is CCNc1ncc(S(=O)(=O)NCCCOC)cc1Cl. The molecule has 8 heteroatoms. The van der Waals surface area contributed by atoms with Crippen molar-refractivity contribution in [3.05, 3.63) is 17.3 Å². The minimum atomic E-state index is -3.58. The van der Waals surface area contributed by atoms with Gasteiger partial charge < -0.3 is 10.1 Å². The highest BCUT2D eigenvalue weighted by molar-refractivity contribution is 7.89. The molecule has 19 heavy (non-hydrogen) atoms. The van der Waals surface area contributed by atoms with E-state index in [1.165, 1.54) is 12.3 Å². The van der Waals surface area contributed by atoms with Crippen molar-refractivity contribution in [3.63, 3.8) is 0 Å². The van der Waals surface area contributed by atoms with E-state index in [0.717, 1.165) is 0 Å². The molecule has 6 nitrogen and oxygen atoms in total. The Balaban J connectivity index is 2.75. The van der Waals surface area contributed by atoms with E-state index in [1.807, 2.05) is 6.92 Å². The van der Waals surface area contributed by atoms with Gasteiger partial charge in [-0.1, -0.05) is 11.6 Å². The summed E-state index contributed by atoms with van der Waals surface area (Å²) in [6.07, 6.45) is 1.88. The summed E-state index contributed by atoms with van der Waals surface area (Å²) in [4.78, 5) is 4.04. The maximum atomic E-state index is 11.9. The lowest BCUT2D eigenvalue weighted by Crippen LogP contribution is -2.25. The Morgan fingerprint density at radius 3 is 2.79 bits per heavy atom. The van der Waals surface area contributed by atoms with Gasteiger partial charge in [-0.2, -0.15) is 0 Å². The second kappa shape index (κ2) is 7.64. The Morgan fingerprint density at radius 2 is 2.21 bits per heavy atom. The number of aromatic nitrogens is 1. The smallest absolute Gasteiger partial charge is 0.242 e. The maximum Gasteiger partial charge on any atom is 0.242 e. The van der Waals surface area contributed by atoms with Gasteiger partial charge in [-0.25, -0.2) is 18.1 Å². The number of rotatable bonds is 8. The summed E-state index contributed by atoms with van der Waals surface area (Å²) in [6.45, 7) is 3.37. The molecule has 0 bridgehead atoms. The molecule has 0 saturated heterocycles. The van der Waals surface area contributed by atoms with Crippen molar-refractivity contribution in [1.82, 2.24) is 9.71 Å². The summed E-state index contributed by atoms with van der Waals surface area (Å²) in [5.41, 5.74) is 0. The fourth-order valence-corrected chi connectivity index (χ4v) is 2.71. The Kier molecular flexibility index (Phi) is 6.50. The minimum Gasteiger partial charge on any atom is -0.385 e. The molecule has 0 radical (unpaired) electrons. The van der Waals surface area contributed by atoms with Crippen LogP contribution in [0.2, 0.25) is 5.02 Å². The Morgan fingerprint density at radius 1 is 1.47 bits per heavy atom. The van der Waals surface area contributed by atoms with Crippen molar-refractivity contribution in [3.8, 4) is 0 Å². The molecule has 1 heterocycles. The van der Waals surface area contributed by atoms with Crippen LogP contribution in [0.5, 0.6) is 0 Å². The lowest BCUT2D eigenvalue weighted by Gasteiger charge is -2.09. The predicted molar refractivity (Wildman–Crippen MR) is 75.1 cm³/mol. The number of methoxy groups -OCH3 is 1. The van der Waals surface area contributed by atoms with Gasteiger partial charge in [-0.3, -0.25) is 0 Å². The van der Waals surface area contributed by atoms with Crippen LogP contribution in [0, 0.1) is 0 Å². The molecule has 0 atom stereocenters. The summed E-state index contributed by atoms with van der Waals surface area (Å²) in [5, 5.41) is 3.22. The lowest BCUT2D eigenvalue weighted by molar-refractivity contribution is 0.196. The first-order valence-corrected chi connectivity index (χ1v) is 7.75. The molecule has 0 spiro atoms. The summed E-state index contributed by atoms with van der Waals surface area (Å²) in [7, 11) is -2.01. The van der Waals surface area contributed by atoms with Crippen molar-refractivity contribution in [2.45, 2.75) is 18.2 Å². The largest absolute Gasteiger partial charge is 0.385 e. The zero-order chi connectivity index (χ0) is 14.3. The van der Waals surface area contributed by atoms with Gasteiger partial charge in [-0.15, -0.1) is 0 Å². The van der Waals surface area contributed by atoms with Crippen LogP contribution < -0.4 is 10.0 Å². The fourth-order valence-electron chi connectivity index (χ4n) is 1.37. The average molecular weight is 308 g/mol. The minimum absolute atomic E-state index is 0.0524. The van der Waals surface area contributed by atoms with E-state index >= 15 is 0 Å². The predicted octanol–water partition coefficient (Wildman–Crippen LogP) is 1.48. The second-order valence-corrected chi connectivity index (χ2v) is 5.95. The molecule has 1 rings (SSSR count). The molecule has 1 aromatic rings. The number of hydrogen-bond donors (Lipinski definition) is 2. The van der Waals surface area contributed by atoms with Crippen LogP contribution >= 0.6 is 11.6 Å². The Hall–Kier alpha value is -0.890. The molecule has 0 aliphatic rings. The number of nitrogens with zero attached hydrogens (tertiary/aromatic N) is 1. The summed E-state index contributed by atoms with van der Waals surface area (Å²) in [6, 6.07) is 1.38. The third-order valence-corrected chi connectivity index (χ3v) is 4.00. The quantitative estimate of drug-likeness (QED) is 0.711. The number of pyridine rings is 1. The maximum absolute atomic E-state index is 11.9. The molecule has 0 aliphatic heterocycles. The van der Waals surface area contributed by atoms with Crippen LogP contribution in [0.25, 0.3) is 0 Å². The van der Waals surface area contributed by atoms with Crippen LogP contribution in [-0.2, 0) is 14.8 Å². The highest BCUT2D eigenvalue weighted by Crippen LogP contribution is 2.22. The van der Waals surface area contributed by atoms with E-state index in [1.54, 1.807) is 7.11 Å². The van der Waals surface area contributed by atoms with E-state index < -0.39 is 10.0 Å².